The number of benzene rings is 2. The van der Waals surface area contributed by atoms with Crippen LogP contribution in [0.2, 0.25) is 0 Å². The van der Waals surface area contributed by atoms with Gasteiger partial charge < -0.3 is 9.84 Å². The van der Waals surface area contributed by atoms with Crippen molar-refractivity contribution in [3.63, 3.8) is 0 Å². The predicted molar refractivity (Wildman–Crippen MR) is 121 cm³/mol. The van der Waals surface area contributed by atoms with Gasteiger partial charge in [-0.15, -0.1) is 0 Å². The van der Waals surface area contributed by atoms with Crippen molar-refractivity contribution in [3.8, 4) is 5.75 Å². The molecule has 0 bridgehead atoms. The van der Waals surface area contributed by atoms with E-state index < -0.39 is 5.97 Å². The molecule has 1 saturated heterocycles. The molecule has 0 spiro atoms. The fraction of sp³-hybridized carbons (Fsp3) is 0.400. The highest BCUT2D eigenvalue weighted by atomic mass is 16.5. The molecule has 0 atom stereocenters. The van der Waals surface area contributed by atoms with E-state index in [0.717, 1.165) is 29.8 Å². The van der Waals surface area contributed by atoms with Gasteiger partial charge in [-0.2, -0.15) is 0 Å². The molecule has 0 radical (unpaired) electrons. The van der Waals surface area contributed by atoms with Crippen molar-refractivity contribution in [1.29, 1.82) is 0 Å². The van der Waals surface area contributed by atoms with Crippen LogP contribution in [0.5, 0.6) is 5.75 Å². The predicted octanol–water partition coefficient (Wildman–Crippen LogP) is 3.29. The second kappa shape index (κ2) is 10.9. The van der Waals surface area contributed by atoms with Crippen LogP contribution in [0, 0.1) is 6.92 Å². The first kappa shape index (κ1) is 23.5. The topological polar surface area (TPSA) is 87.2 Å². The lowest BCUT2D eigenvalue weighted by Gasteiger charge is -2.38. The van der Waals surface area contributed by atoms with Crippen LogP contribution >= 0.6 is 0 Å². The normalized spacial score (nSPS) is 14.4. The summed E-state index contributed by atoms with van der Waals surface area (Å²) < 4.78 is 5.21. The smallest absolute Gasteiger partial charge is 0.335 e. The standard InChI is InChI=1S/C25H30N2O5/c1-18-15-19(8-9-23(18)25(30)31)10-14-27-24(29)7-4-12-26(27)13-11-21(28)16-20-5-3-6-22(17-20)32-2/h3,5-6,8-9,15,17H,4,7,10-14,16H2,1-2H3,(H,30,31). The number of hydrogen-bond acceptors (Lipinski definition) is 5. The average Bonchev–Trinajstić information content (AvgIpc) is 2.77. The van der Waals surface area contributed by atoms with Gasteiger partial charge in [-0.25, -0.2) is 9.80 Å². The Balaban J connectivity index is 1.56. The summed E-state index contributed by atoms with van der Waals surface area (Å²) in [6.07, 6.45) is 2.62. The molecule has 32 heavy (non-hydrogen) atoms. The highest BCUT2D eigenvalue weighted by Gasteiger charge is 2.26. The molecule has 1 heterocycles. The Labute approximate surface area is 188 Å². The number of carbonyl (C=O) groups excluding carboxylic acids is 2. The lowest BCUT2D eigenvalue weighted by atomic mass is 10.0. The third-order valence-corrected chi connectivity index (χ3v) is 5.75. The van der Waals surface area contributed by atoms with Crippen LogP contribution in [-0.2, 0) is 22.4 Å². The van der Waals surface area contributed by atoms with Crippen LogP contribution < -0.4 is 4.74 Å². The summed E-state index contributed by atoms with van der Waals surface area (Å²) in [4.78, 5) is 36.3. The molecule has 7 nitrogen and oxygen atoms in total. The molecule has 2 aromatic carbocycles. The number of nitrogens with zero attached hydrogens (tertiary/aromatic N) is 2. The van der Waals surface area contributed by atoms with E-state index >= 15 is 0 Å². The molecule has 7 heteroatoms. The molecule has 170 valence electrons. The summed E-state index contributed by atoms with van der Waals surface area (Å²) in [5.41, 5.74) is 2.90. The Morgan fingerprint density at radius 3 is 2.62 bits per heavy atom. The molecule has 0 aliphatic carbocycles. The average molecular weight is 439 g/mol. The van der Waals surface area contributed by atoms with Crippen molar-refractivity contribution >= 4 is 17.7 Å². The molecule has 3 rings (SSSR count). The number of aryl methyl sites for hydroxylation is 1. The van der Waals surface area contributed by atoms with Crippen molar-refractivity contribution in [2.24, 2.45) is 0 Å². The molecule has 1 N–H and O–H groups in total. The molecule has 0 aromatic heterocycles. The number of ketones is 1. The maximum absolute atomic E-state index is 12.6. The number of rotatable bonds is 10. The van der Waals surface area contributed by atoms with Gasteiger partial charge in [0, 0.05) is 38.9 Å². The number of methoxy groups -OCH3 is 1. The van der Waals surface area contributed by atoms with Crippen LogP contribution in [0.25, 0.3) is 0 Å². The van der Waals surface area contributed by atoms with Crippen molar-refractivity contribution < 1.29 is 24.2 Å². The summed E-state index contributed by atoms with van der Waals surface area (Å²) in [5.74, 6) is -0.0220. The van der Waals surface area contributed by atoms with Gasteiger partial charge in [-0.05, 0) is 54.7 Å². The van der Waals surface area contributed by atoms with Crippen LogP contribution in [0.1, 0.15) is 46.3 Å². The van der Waals surface area contributed by atoms with E-state index in [1.54, 1.807) is 31.2 Å². The highest BCUT2D eigenvalue weighted by molar-refractivity contribution is 5.89. The Kier molecular flexibility index (Phi) is 8.00. The minimum absolute atomic E-state index is 0.0652. The summed E-state index contributed by atoms with van der Waals surface area (Å²) in [6, 6.07) is 12.8. The van der Waals surface area contributed by atoms with Gasteiger partial charge in [0.25, 0.3) is 0 Å². The van der Waals surface area contributed by atoms with Gasteiger partial charge in [0.15, 0.2) is 0 Å². The Morgan fingerprint density at radius 2 is 1.91 bits per heavy atom. The van der Waals surface area contributed by atoms with Gasteiger partial charge in [0.1, 0.15) is 11.5 Å². The molecule has 2 aromatic rings. The number of hydrogen-bond donors (Lipinski definition) is 1. The third-order valence-electron chi connectivity index (χ3n) is 5.75. The van der Waals surface area contributed by atoms with E-state index in [1.165, 1.54) is 0 Å². The zero-order chi connectivity index (χ0) is 23.1. The largest absolute Gasteiger partial charge is 0.497 e. The molecule has 1 aliphatic heterocycles. The van der Waals surface area contributed by atoms with E-state index in [9.17, 15) is 19.5 Å². The first-order valence-electron chi connectivity index (χ1n) is 10.9. The molecular formula is C25H30N2O5. The molecule has 1 fully saturated rings. The number of hydrazine groups is 1. The molecule has 1 aliphatic rings. The van der Waals surface area contributed by atoms with Crippen molar-refractivity contribution in [3.05, 3.63) is 64.7 Å². The Bertz CT molecular complexity index is 988. The third kappa shape index (κ3) is 6.17. The lowest BCUT2D eigenvalue weighted by Crippen LogP contribution is -2.51. The first-order chi connectivity index (χ1) is 15.4. The fourth-order valence-corrected chi connectivity index (χ4v) is 4.03. The number of aromatic carboxylic acids is 1. The van der Waals surface area contributed by atoms with E-state index in [4.69, 9.17) is 4.74 Å². The SMILES string of the molecule is COc1cccc(CC(=O)CCN2CCCC(=O)N2CCc2ccc(C(=O)O)c(C)c2)c1. The number of ether oxygens (including phenoxy) is 1. The maximum Gasteiger partial charge on any atom is 0.335 e. The maximum atomic E-state index is 12.6. The Hall–Kier alpha value is -3.19. The van der Waals surface area contributed by atoms with Crippen molar-refractivity contribution in [2.45, 2.75) is 39.0 Å². The zero-order valence-corrected chi connectivity index (χ0v) is 18.7. The van der Waals surface area contributed by atoms with Crippen LogP contribution in [0.3, 0.4) is 0 Å². The summed E-state index contributed by atoms with van der Waals surface area (Å²) in [5, 5.41) is 12.9. The number of carboxylic acid groups (broad SMARTS) is 1. The van der Waals surface area contributed by atoms with Crippen LogP contribution in [-0.4, -0.2) is 59.5 Å². The number of carboxylic acids is 1. The zero-order valence-electron chi connectivity index (χ0n) is 18.7. The van der Waals surface area contributed by atoms with Gasteiger partial charge in [-0.3, -0.25) is 14.6 Å². The van der Waals surface area contributed by atoms with Gasteiger partial charge in [0.2, 0.25) is 5.91 Å². The lowest BCUT2D eigenvalue weighted by molar-refractivity contribution is -0.156. The summed E-state index contributed by atoms with van der Waals surface area (Å²) in [7, 11) is 1.60. The highest BCUT2D eigenvalue weighted by Crippen LogP contribution is 2.17. The van der Waals surface area contributed by atoms with E-state index in [0.29, 0.717) is 49.9 Å². The van der Waals surface area contributed by atoms with Crippen molar-refractivity contribution in [1.82, 2.24) is 10.0 Å². The summed E-state index contributed by atoms with van der Waals surface area (Å²) >= 11 is 0. The molecular weight excluding hydrogens is 408 g/mol. The fourth-order valence-electron chi connectivity index (χ4n) is 4.03. The second-order valence-corrected chi connectivity index (χ2v) is 8.10. The Morgan fingerprint density at radius 1 is 1.09 bits per heavy atom. The van der Waals surface area contributed by atoms with E-state index in [2.05, 4.69) is 0 Å². The van der Waals surface area contributed by atoms with Gasteiger partial charge in [-0.1, -0.05) is 24.3 Å². The molecule has 0 unspecified atom stereocenters. The van der Waals surface area contributed by atoms with Crippen molar-refractivity contribution in [2.75, 3.05) is 26.7 Å². The molecule has 1 amide bonds. The number of Topliss-reactive ketones (excluding diaryl/α,β-unsaturated/α-hetero) is 1. The summed E-state index contributed by atoms with van der Waals surface area (Å²) in [6.45, 7) is 3.54. The minimum Gasteiger partial charge on any atom is -0.497 e. The van der Waals surface area contributed by atoms with Crippen LogP contribution in [0.4, 0.5) is 0 Å². The quantitative estimate of drug-likeness (QED) is 0.613. The first-order valence-corrected chi connectivity index (χ1v) is 10.9. The van der Waals surface area contributed by atoms with E-state index in [1.807, 2.05) is 35.3 Å². The second-order valence-electron chi connectivity index (χ2n) is 8.10. The minimum atomic E-state index is -0.940. The molecule has 0 saturated carbocycles. The monoisotopic (exact) mass is 438 g/mol. The van der Waals surface area contributed by atoms with Crippen LogP contribution in [0.15, 0.2) is 42.5 Å². The van der Waals surface area contributed by atoms with Gasteiger partial charge >= 0.3 is 5.97 Å². The number of amides is 1. The van der Waals surface area contributed by atoms with E-state index in [-0.39, 0.29) is 11.7 Å². The van der Waals surface area contributed by atoms with Gasteiger partial charge in [0.05, 0.1) is 12.7 Å². The number of carbonyl (C=O) groups is 3.